The smallest absolute Gasteiger partial charge is 0.189 e. The van der Waals surface area contributed by atoms with E-state index >= 15 is 0 Å². The van der Waals surface area contributed by atoms with Gasteiger partial charge in [-0.15, -0.1) is 0 Å². The van der Waals surface area contributed by atoms with Crippen LogP contribution in [0, 0.1) is 17.9 Å². The molecule has 0 spiro atoms. The first kappa shape index (κ1) is 30.7. The van der Waals surface area contributed by atoms with Crippen molar-refractivity contribution in [2.24, 2.45) is 0 Å². The third kappa shape index (κ3) is 4.56. The molecule has 0 aliphatic rings. The second-order valence-corrected chi connectivity index (χ2v) is 13.9. The van der Waals surface area contributed by atoms with Gasteiger partial charge in [0.25, 0.3) is 0 Å². The largest absolute Gasteiger partial charge is 0.310 e. The number of para-hydroxylation sites is 3. The number of hydrogen-bond acceptors (Lipinski definition) is 2. The quantitative estimate of drug-likeness (QED) is 0.172. The molecular weight excluding hydrogens is 673 g/mol. The lowest BCUT2D eigenvalue weighted by atomic mass is 10.0. The fourth-order valence-corrected chi connectivity index (χ4v) is 8.56. The first-order valence-corrected chi connectivity index (χ1v) is 18.1. The molecular formula is C49H28N6. The lowest BCUT2D eigenvalue weighted by Gasteiger charge is -2.14. The van der Waals surface area contributed by atoms with Crippen LogP contribution in [0.5, 0.6) is 0 Å². The van der Waals surface area contributed by atoms with Crippen LogP contribution in [-0.2, 0) is 0 Å². The molecule has 55 heavy (non-hydrogen) atoms. The van der Waals surface area contributed by atoms with Crippen molar-refractivity contribution in [2.45, 2.75) is 0 Å². The third-order valence-corrected chi connectivity index (χ3v) is 10.9. The van der Waals surface area contributed by atoms with Crippen molar-refractivity contribution in [3.05, 3.63) is 187 Å². The molecule has 0 amide bonds. The van der Waals surface area contributed by atoms with Gasteiger partial charge in [-0.1, -0.05) is 66.7 Å². The van der Waals surface area contributed by atoms with Crippen molar-refractivity contribution >= 4 is 71.1 Å². The molecule has 0 saturated carbocycles. The Kier molecular flexibility index (Phi) is 6.58. The van der Waals surface area contributed by atoms with Gasteiger partial charge >= 0.3 is 0 Å². The van der Waals surface area contributed by atoms with Gasteiger partial charge in [0.2, 0.25) is 0 Å². The second-order valence-electron chi connectivity index (χ2n) is 13.9. The molecule has 0 aliphatic carbocycles. The van der Waals surface area contributed by atoms with E-state index in [9.17, 15) is 5.26 Å². The van der Waals surface area contributed by atoms with Crippen LogP contribution in [0.2, 0.25) is 0 Å². The van der Waals surface area contributed by atoms with Crippen molar-refractivity contribution < 1.29 is 0 Å². The average Bonchev–Trinajstić information content (AvgIpc) is 3.88. The summed E-state index contributed by atoms with van der Waals surface area (Å²) >= 11 is 0. The van der Waals surface area contributed by atoms with Crippen LogP contribution in [0.4, 0.5) is 5.69 Å². The van der Waals surface area contributed by atoms with Gasteiger partial charge < -0.3 is 13.7 Å². The molecule has 11 rings (SSSR count). The zero-order valence-electron chi connectivity index (χ0n) is 29.3. The zero-order chi connectivity index (χ0) is 36.6. The van der Waals surface area contributed by atoms with Crippen LogP contribution in [0.3, 0.4) is 0 Å². The number of aromatic nitrogens is 4. The summed E-state index contributed by atoms with van der Waals surface area (Å²) in [6.45, 7) is 8.09. The number of rotatable bonds is 4. The highest BCUT2D eigenvalue weighted by atomic mass is 15.0. The second kappa shape index (κ2) is 11.8. The Morgan fingerprint density at radius 1 is 0.455 bits per heavy atom. The molecule has 4 aromatic heterocycles. The molecule has 0 fully saturated rings. The number of fused-ring (bicyclic) bond motifs is 9. The molecule has 0 aliphatic heterocycles. The first-order chi connectivity index (χ1) is 27.2. The SMILES string of the molecule is [C-]#[N+]c1cc(-c2cccc(-n3c4cnccc4c4cc5c(cc43)c3ccccc3n5-c3ccccc3)c2)cc(-n2c3ccccc3c3cc(C#N)ccc32)c1. The number of hydrogen-bond donors (Lipinski definition) is 0. The van der Waals surface area contributed by atoms with E-state index in [1.54, 1.807) is 0 Å². The molecule has 0 radical (unpaired) electrons. The van der Waals surface area contributed by atoms with Crippen LogP contribution >= 0.6 is 0 Å². The van der Waals surface area contributed by atoms with Crippen LogP contribution in [0.1, 0.15) is 5.56 Å². The maximum absolute atomic E-state index is 9.67. The van der Waals surface area contributed by atoms with Crippen LogP contribution in [0.15, 0.2) is 170 Å². The van der Waals surface area contributed by atoms with Crippen molar-refractivity contribution in [3.63, 3.8) is 0 Å². The summed E-state index contributed by atoms with van der Waals surface area (Å²) in [5, 5.41) is 16.4. The predicted molar refractivity (Wildman–Crippen MR) is 224 cm³/mol. The van der Waals surface area contributed by atoms with E-state index in [0.717, 1.165) is 77.3 Å². The highest BCUT2D eigenvalue weighted by Crippen LogP contribution is 2.41. The highest BCUT2D eigenvalue weighted by molar-refractivity contribution is 6.19. The fraction of sp³-hybridized carbons (Fsp3) is 0. The minimum absolute atomic E-state index is 0.552. The van der Waals surface area contributed by atoms with Gasteiger partial charge in [-0.3, -0.25) is 4.98 Å². The Morgan fingerprint density at radius 2 is 1.05 bits per heavy atom. The van der Waals surface area contributed by atoms with Gasteiger partial charge in [0.1, 0.15) is 0 Å². The Hall–Kier alpha value is -7.93. The first-order valence-electron chi connectivity index (χ1n) is 18.1. The lowest BCUT2D eigenvalue weighted by Crippen LogP contribution is -1.96. The maximum Gasteiger partial charge on any atom is 0.189 e. The van der Waals surface area contributed by atoms with Crippen LogP contribution < -0.4 is 0 Å². The molecule has 254 valence electrons. The minimum atomic E-state index is 0.552. The molecule has 0 unspecified atom stereocenters. The van der Waals surface area contributed by atoms with E-state index in [2.05, 4.69) is 145 Å². The monoisotopic (exact) mass is 700 g/mol. The molecule has 6 heteroatoms. The molecule has 0 saturated heterocycles. The van der Waals surface area contributed by atoms with E-state index < -0.39 is 0 Å². The molecule has 11 aromatic rings. The van der Waals surface area contributed by atoms with Crippen LogP contribution in [0.25, 0.3) is 98.5 Å². The summed E-state index contributed by atoms with van der Waals surface area (Å²) in [6, 6.07) is 56.9. The van der Waals surface area contributed by atoms with Crippen molar-refractivity contribution in [1.82, 2.24) is 18.7 Å². The van der Waals surface area contributed by atoms with E-state index in [1.165, 1.54) is 16.3 Å². The fourth-order valence-electron chi connectivity index (χ4n) is 8.56. The Labute approximate surface area is 315 Å². The van der Waals surface area contributed by atoms with Crippen molar-refractivity contribution in [1.29, 1.82) is 5.26 Å². The number of nitrogens with zero attached hydrogens (tertiary/aromatic N) is 6. The van der Waals surface area contributed by atoms with Gasteiger partial charge in [0.05, 0.1) is 57.5 Å². The van der Waals surface area contributed by atoms with Crippen molar-refractivity contribution in [3.8, 4) is 34.3 Å². The zero-order valence-corrected chi connectivity index (χ0v) is 29.3. The molecule has 0 atom stereocenters. The number of benzene rings is 7. The van der Waals surface area contributed by atoms with E-state index in [1.807, 2.05) is 54.9 Å². The third-order valence-electron chi connectivity index (χ3n) is 10.9. The standard InChI is InChI=1S/C49H28N6/c1-51-34-23-33(25-37(26-34)55-45-17-8-5-14-38(45)41-22-31(29-50)18-19-46(41)55)32-10-9-13-36(24-32)54-48-27-42-39-15-6-7-16-44(39)53(35-11-3-2-4-12-35)47(42)28-43(48)40-20-21-52-30-49(40)54/h2-28,30H. The summed E-state index contributed by atoms with van der Waals surface area (Å²) in [5.41, 5.74) is 12.6. The van der Waals surface area contributed by atoms with E-state index in [0.29, 0.717) is 11.3 Å². The lowest BCUT2D eigenvalue weighted by molar-refractivity contribution is 1.16. The molecule has 6 nitrogen and oxygen atoms in total. The van der Waals surface area contributed by atoms with Crippen LogP contribution in [-0.4, -0.2) is 18.7 Å². The predicted octanol–water partition coefficient (Wildman–Crippen LogP) is 12.5. The molecule has 0 bridgehead atoms. The van der Waals surface area contributed by atoms with Gasteiger partial charge in [-0.25, -0.2) is 4.85 Å². The maximum atomic E-state index is 9.67. The van der Waals surface area contributed by atoms with Crippen molar-refractivity contribution in [2.75, 3.05) is 0 Å². The summed E-state index contributed by atoms with van der Waals surface area (Å²) in [5.74, 6) is 0. The molecule has 4 heterocycles. The van der Waals surface area contributed by atoms with Gasteiger partial charge in [-0.2, -0.15) is 5.26 Å². The van der Waals surface area contributed by atoms with Gasteiger partial charge in [0.15, 0.2) is 5.69 Å². The highest BCUT2D eigenvalue weighted by Gasteiger charge is 2.19. The normalized spacial score (nSPS) is 11.6. The average molecular weight is 701 g/mol. The minimum Gasteiger partial charge on any atom is -0.310 e. The van der Waals surface area contributed by atoms with Gasteiger partial charge in [-0.05, 0) is 102 Å². The number of nitriles is 1. The summed E-state index contributed by atoms with van der Waals surface area (Å²) in [6.07, 6.45) is 3.82. The Morgan fingerprint density at radius 3 is 1.78 bits per heavy atom. The van der Waals surface area contributed by atoms with Gasteiger partial charge in [0, 0.05) is 55.6 Å². The van der Waals surface area contributed by atoms with E-state index in [-0.39, 0.29) is 0 Å². The number of pyridine rings is 1. The Balaban J connectivity index is 1.13. The summed E-state index contributed by atoms with van der Waals surface area (Å²) in [4.78, 5) is 8.52. The summed E-state index contributed by atoms with van der Waals surface area (Å²) < 4.78 is 6.87. The van der Waals surface area contributed by atoms with E-state index in [4.69, 9.17) is 6.57 Å². The molecule has 0 N–H and O–H groups in total. The topological polar surface area (TPSA) is 55.8 Å². The summed E-state index contributed by atoms with van der Waals surface area (Å²) in [7, 11) is 0. The molecule has 7 aromatic carbocycles. The Bertz CT molecular complexity index is 3460.